The van der Waals surface area contributed by atoms with Crippen LogP contribution in [0.4, 0.5) is 0 Å². The first kappa shape index (κ1) is 16.9. The Morgan fingerprint density at radius 2 is 1.83 bits per heavy atom. The van der Waals surface area contributed by atoms with Gasteiger partial charge in [0.15, 0.2) is 0 Å². The predicted molar refractivity (Wildman–Crippen MR) is 82.6 cm³/mol. The number of pyridine rings is 1. The van der Waals surface area contributed by atoms with Gasteiger partial charge in [-0.2, -0.15) is 0 Å². The zero-order chi connectivity index (χ0) is 16.7. The summed E-state index contributed by atoms with van der Waals surface area (Å²) >= 11 is 0. The lowest BCUT2D eigenvalue weighted by Crippen LogP contribution is -2.50. The quantitative estimate of drug-likeness (QED) is 0.747. The van der Waals surface area contributed by atoms with Gasteiger partial charge >= 0.3 is 5.97 Å². The molecule has 1 saturated heterocycles. The van der Waals surface area contributed by atoms with Gasteiger partial charge in [-0.1, -0.05) is 0 Å². The van der Waals surface area contributed by atoms with Crippen molar-refractivity contribution in [1.82, 2.24) is 14.8 Å². The summed E-state index contributed by atoms with van der Waals surface area (Å²) in [6.07, 6.45) is 3.41. The van der Waals surface area contributed by atoms with Gasteiger partial charge in [0.2, 0.25) is 5.91 Å². The van der Waals surface area contributed by atoms with Crippen LogP contribution in [-0.4, -0.2) is 65.4 Å². The van der Waals surface area contributed by atoms with Crippen molar-refractivity contribution in [2.75, 3.05) is 32.8 Å². The Kier molecular flexibility index (Phi) is 6.08. The Morgan fingerprint density at radius 1 is 1.13 bits per heavy atom. The van der Waals surface area contributed by atoms with Crippen LogP contribution in [0.5, 0.6) is 0 Å². The summed E-state index contributed by atoms with van der Waals surface area (Å²) in [4.78, 5) is 43.0. The molecule has 0 bridgehead atoms. The summed E-state index contributed by atoms with van der Waals surface area (Å²) < 4.78 is 4.81. The fourth-order valence-corrected chi connectivity index (χ4v) is 2.43. The van der Waals surface area contributed by atoms with Crippen LogP contribution in [0.3, 0.4) is 0 Å². The Balaban J connectivity index is 1.78. The number of piperazine rings is 1. The largest absolute Gasteiger partial charge is 0.466 e. The molecule has 2 rings (SSSR count). The van der Waals surface area contributed by atoms with Gasteiger partial charge in [-0.15, -0.1) is 0 Å². The number of nitrogens with zero attached hydrogens (tertiary/aromatic N) is 3. The Hall–Kier alpha value is -2.44. The van der Waals surface area contributed by atoms with Crippen molar-refractivity contribution >= 4 is 17.8 Å². The van der Waals surface area contributed by atoms with Crippen LogP contribution in [0.15, 0.2) is 24.5 Å². The molecular formula is C16H21N3O4. The molecule has 124 valence electrons. The monoisotopic (exact) mass is 319 g/mol. The minimum absolute atomic E-state index is 0.0725. The smallest absolute Gasteiger partial charge is 0.306 e. The normalized spacial score (nSPS) is 14.5. The summed E-state index contributed by atoms with van der Waals surface area (Å²) in [5.41, 5.74) is 0.551. The topological polar surface area (TPSA) is 79.8 Å². The number of esters is 1. The second kappa shape index (κ2) is 8.26. The molecule has 0 aromatic carbocycles. The highest BCUT2D eigenvalue weighted by atomic mass is 16.5. The number of aromatic nitrogens is 1. The van der Waals surface area contributed by atoms with Gasteiger partial charge in [-0.25, -0.2) is 0 Å². The number of carbonyl (C=O) groups excluding carboxylic acids is 3. The van der Waals surface area contributed by atoms with Gasteiger partial charge in [0.1, 0.15) is 0 Å². The van der Waals surface area contributed by atoms with Crippen LogP contribution in [0.25, 0.3) is 0 Å². The number of hydrogen-bond donors (Lipinski definition) is 0. The van der Waals surface area contributed by atoms with Crippen LogP contribution >= 0.6 is 0 Å². The van der Waals surface area contributed by atoms with Gasteiger partial charge in [-0.05, 0) is 19.1 Å². The maximum Gasteiger partial charge on any atom is 0.306 e. The Bertz CT molecular complexity index is 554. The molecule has 0 saturated carbocycles. The second-order valence-corrected chi connectivity index (χ2v) is 5.22. The molecule has 1 fully saturated rings. The molecule has 1 aromatic rings. The summed E-state index contributed by atoms with van der Waals surface area (Å²) in [6.45, 7) is 3.99. The zero-order valence-corrected chi connectivity index (χ0v) is 13.2. The van der Waals surface area contributed by atoms with E-state index in [4.69, 9.17) is 4.74 Å². The van der Waals surface area contributed by atoms with Crippen molar-refractivity contribution in [3.63, 3.8) is 0 Å². The molecule has 7 heteroatoms. The summed E-state index contributed by atoms with van der Waals surface area (Å²) in [5, 5.41) is 0. The lowest BCUT2D eigenvalue weighted by Gasteiger charge is -2.34. The van der Waals surface area contributed by atoms with Crippen LogP contribution in [-0.2, 0) is 14.3 Å². The summed E-state index contributed by atoms with van der Waals surface area (Å²) in [5.74, 6) is -0.505. The first-order valence-electron chi connectivity index (χ1n) is 7.74. The van der Waals surface area contributed by atoms with E-state index < -0.39 is 0 Å². The minimum atomic E-state index is -0.355. The Labute approximate surface area is 135 Å². The fourth-order valence-electron chi connectivity index (χ4n) is 2.43. The molecule has 0 atom stereocenters. The lowest BCUT2D eigenvalue weighted by molar-refractivity contribution is -0.146. The molecule has 2 heterocycles. The van der Waals surface area contributed by atoms with Crippen molar-refractivity contribution < 1.29 is 19.1 Å². The van der Waals surface area contributed by atoms with E-state index in [0.29, 0.717) is 38.3 Å². The number of amides is 2. The van der Waals surface area contributed by atoms with Crippen molar-refractivity contribution in [3.8, 4) is 0 Å². The van der Waals surface area contributed by atoms with E-state index in [-0.39, 0.29) is 30.6 Å². The highest BCUT2D eigenvalue weighted by Gasteiger charge is 2.25. The average molecular weight is 319 g/mol. The van der Waals surface area contributed by atoms with Gasteiger partial charge in [0.25, 0.3) is 5.91 Å². The van der Waals surface area contributed by atoms with E-state index in [1.54, 1.807) is 41.2 Å². The third-order valence-corrected chi connectivity index (χ3v) is 3.68. The predicted octanol–water partition coefficient (Wildman–Crippen LogP) is 0.709. The van der Waals surface area contributed by atoms with Crippen molar-refractivity contribution in [3.05, 3.63) is 30.1 Å². The van der Waals surface area contributed by atoms with E-state index in [9.17, 15) is 14.4 Å². The van der Waals surface area contributed by atoms with Gasteiger partial charge in [0, 0.05) is 45.0 Å². The minimum Gasteiger partial charge on any atom is -0.466 e. The fraction of sp³-hybridized carbons (Fsp3) is 0.500. The van der Waals surface area contributed by atoms with E-state index in [1.165, 1.54) is 0 Å². The molecule has 0 spiro atoms. The van der Waals surface area contributed by atoms with Crippen molar-refractivity contribution in [2.24, 2.45) is 0 Å². The van der Waals surface area contributed by atoms with Gasteiger partial charge in [0.05, 0.1) is 18.6 Å². The third kappa shape index (κ3) is 4.77. The molecule has 0 unspecified atom stereocenters. The van der Waals surface area contributed by atoms with E-state index in [0.717, 1.165) is 0 Å². The van der Waals surface area contributed by atoms with Crippen LogP contribution in [0.1, 0.15) is 30.1 Å². The summed E-state index contributed by atoms with van der Waals surface area (Å²) in [6, 6.07) is 3.45. The van der Waals surface area contributed by atoms with E-state index in [1.807, 2.05) is 0 Å². The molecule has 0 N–H and O–H groups in total. The van der Waals surface area contributed by atoms with Crippen molar-refractivity contribution in [1.29, 1.82) is 0 Å². The highest BCUT2D eigenvalue weighted by molar-refractivity contribution is 5.94. The number of hydrogen-bond acceptors (Lipinski definition) is 5. The van der Waals surface area contributed by atoms with Crippen LogP contribution < -0.4 is 0 Å². The van der Waals surface area contributed by atoms with E-state index in [2.05, 4.69) is 4.98 Å². The molecular weight excluding hydrogens is 298 g/mol. The maximum absolute atomic E-state index is 12.3. The molecule has 0 radical (unpaired) electrons. The molecule has 1 aliphatic rings. The highest BCUT2D eigenvalue weighted by Crippen LogP contribution is 2.09. The molecule has 1 aliphatic heterocycles. The zero-order valence-electron chi connectivity index (χ0n) is 13.2. The first-order chi connectivity index (χ1) is 11.1. The van der Waals surface area contributed by atoms with Crippen molar-refractivity contribution in [2.45, 2.75) is 19.8 Å². The average Bonchev–Trinajstić information content (AvgIpc) is 2.60. The number of rotatable bonds is 5. The standard InChI is InChI=1S/C16H21N3O4/c1-2-23-15(21)6-5-14(20)18-8-10-19(11-9-18)16(22)13-4-3-7-17-12-13/h3-4,7,12H,2,5-6,8-11H2,1H3. The number of carbonyl (C=O) groups is 3. The molecule has 7 nitrogen and oxygen atoms in total. The second-order valence-electron chi connectivity index (χ2n) is 5.22. The van der Waals surface area contributed by atoms with Crippen LogP contribution in [0, 0.1) is 0 Å². The molecule has 1 aromatic heterocycles. The van der Waals surface area contributed by atoms with Gasteiger partial charge in [-0.3, -0.25) is 19.4 Å². The maximum atomic E-state index is 12.3. The Morgan fingerprint density at radius 3 is 2.43 bits per heavy atom. The lowest BCUT2D eigenvalue weighted by atomic mass is 10.2. The molecule has 0 aliphatic carbocycles. The molecule has 2 amide bonds. The first-order valence-corrected chi connectivity index (χ1v) is 7.74. The van der Waals surface area contributed by atoms with Gasteiger partial charge < -0.3 is 14.5 Å². The van der Waals surface area contributed by atoms with Crippen LogP contribution in [0.2, 0.25) is 0 Å². The summed E-state index contributed by atoms with van der Waals surface area (Å²) in [7, 11) is 0. The SMILES string of the molecule is CCOC(=O)CCC(=O)N1CCN(C(=O)c2cccnc2)CC1. The third-order valence-electron chi connectivity index (χ3n) is 3.68. The number of ether oxygens (including phenoxy) is 1. The molecule has 23 heavy (non-hydrogen) atoms. The van der Waals surface area contributed by atoms with E-state index >= 15 is 0 Å².